The van der Waals surface area contributed by atoms with E-state index in [9.17, 15) is 9.59 Å². The Hall–Kier alpha value is -3.01. The maximum atomic E-state index is 12.9. The monoisotopic (exact) mass is 537 g/mol. The number of nitrogens with zero attached hydrogens (tertiary/aromatic N) is 5. The van der Waals surface area contributed by atoms with Gasteiger partial charge in [-0.15, -0.1) is 0 Å². The summed E-state index contributed by atoms with van der Waals surface area (Å²) in [5.74, 6) is 0.543. The fourth-order valence-corrected chi connectivity index (χ4v) is 5.59. The number of piperazine rings is 1. The second-order valence-corrected chi connectivity index (χ2v) is 10.7. The number of likely N-dealkylation sites (tertiary alicyclic amines) is 1. The molecule has 202 valence electrons. The first-order valence-corrected chi connectivity index (χ1v) is 13.9. The van der Waals surface area contributed by atoms with Gasteiger partial charge in [0.05, 0.1) is 6.04 Å². The molecule has 1 aromatic heterocycles. The van der Waals surface area contributed by atoms with Crippen LogP contribution in [0, 0.1) is 0 Å². The number of fused-ring (bicyclic) bond motifs is 1. The summed E-state index contributed by atoms with van der Waals surface area (Å²) in [6.45, 7) is 5.76. The summed E-state index contributed by atoms with van der Waals surface area (Å²) in [6, 6.07) is 6.93. The van der Waals surface area contributed by atoms with Crippen molar-refractivity contribution in [3.8, 4) is 0 Å². The average Bonchev–Trinajstić information content (AvgIpc) is 3.30. The van der Waals surface area contributed by atoms with E-state index in [4.69, 9.17) is 17.3 Å². The van der Waals surface area contributed by atoms with Crippen molar-refractivity contribution >= 4 is 34.4 Å². The maximum Gasteiger partial charge on any atom is 0.243 e. The summed E-state index contributed by atoms with van der Waals surface area (Å²) < 4.78 is 0. The second kappa shape index (κ2) is 12.2. The highest BCUT2D eigenvalue weighted by molar-refractivity contribution is 6.49. The van der Waals surface area contributed by atoms with E-state index in [0.29, 0.717) is 25.9 Å². The van der Waals surface area contributed by atoms with E-state index in [1.165, 1.54) is 5.56 Å². The molecule has 3 aliphatic rings. The van der Waals surface area contributed by atoms with Crippen molar-refractivity contribution in [3.05, 3.63) is 59.4 Å². The van der Waals surface area contributed by atoms with Gasteiger partial charge >= 0.3 is 0 Å². The molecule has 1 aromatic carbocycles. The molecule has 5 rings (SSSR count). The van der Waals surface area contributed by atoms with Crippen LogP contribution in [0.3, 0.4) is 0 Å². The Balaban J connectivity index is 0.991. The number of unbranched alkanes of at least 4 members (excludes halogenated alkanes) is 1. The number of amides is 2. The van der Waals surface area contributed by atoms with Crippen LogP contribution < -0.4 is 16.0 Å². The molecule has 38 heavy (non-hydrogen) atoms. The van der Waals surface area contributed by atoms with Crippen molar-refractivity contribution in [2.75, 3.05) is 44.2 Å². The van der Waals surface area contributed by atoms with Gasteiger partial charge in [-0.25, -0.2) is 9.97 Å². The van der Waals surface area contributed by atoms with Gasteiger partial charge in [0.25, 0.3) is 0 Å². The van der Waals surface area contributed by atoms with Gasteiger partial charge in [0, 0.05) is 56.7 Å². The zero-order valence-corrected chi connectivity index (χ0v) is 22.4. The molecule has 2 atom stereocenters. The molecule has 0 unspecified atom stereocenters. The molecule has 3 heterocycles. The molecule has 2 amide bonds. The lowest BCUT2D eigenvalue weighted by Crippen LogP contribution is -2.61. The molecule has 0 saturated carbocycles. The van der Waals surface area contributed by atoms with Crippen LogP contribution >= 0.6 is 11.6 Å². The van der Waals surface area contributed by atoms with Gasteiger partial charge in [-0.2, -0.15) is 0 Å². The van der Waals surface area contributed by atoms with Crippen LogP contribution in [-0.4, -0.2) is 82.9 Å². The van der Waals surface area contributed by atoms with Gasteiger partial charge < -0.3 is 20.9 Å². The third-order valence-corrected chi connectivity index (χ3v) is 8.13. The Morgan fingerprint density at radius 2 is 1.89 bits per heavy atom. The Morgan fingerprint density at radius 3 is 2.63 bits per heavy atom. The quantitative estimate of drug-likeness (QED) is 0.447. The molecular formula is C28H36ClN7O2. The molecule has 0 radical (unpaired) electrons. The fraction of sp³-hybridized carbons (Fsp3) is 0.500. The molecule has 2 fully saturated rings. The van der Waals surface area contributed by atoms with Gasteiger partial charge in [0.2, 0.25) is 17.8 Å². The highest BCUT2D eigenvalue weighted by atomic mass is 35.5. The van der Waals surface area contributed by atoms with Crippen molar-refractivity contribution in [3.63, 3.8) is 0 Å². The van der Waals surface area contributed by atoms with Crippen LogP contribution in [0.15, 0.2) is 42.7 Å². The normalized spacial score (nSPS) is 19.9. The summed E-state index contributed by atoms with van der Waals surface area (Å²) in [6.07, 6.45) is 9.58. The molecule has 2 saturated heterocycles. The van der Waals surface area contributed by atoms with Crippen LogP contribution in [0.1, 0.15) is 42.4 Å². The van der Waals surface area contributed by atoms with E-state index in [0.717, 1.165) is 74.1 Å². The number of rotatable bonds is 10. The number of nitrogens with one attached hydrogen (secondary N) is 1. The van der Waals surface area contributed by atoms with Crippen LogP contribution in [0.5, 0.6) is 0 Å². The molecule has 3 N–H and O–H groups in total. The van der Waals surface area contributed by atoms with Crippen molar-refractivity contribution in [1.82, 2.24) is 25.1 Å². The van der Waals surface area contributed by atoms with Crippen molar-refractivity contribution in [1.29, 1.82) is 0 Å². The summed E-state index contributed by atoms with van der Waals surface area (Å²) in [7, 11) is 0. The third-order valence-electron chi connectivity index (χ3n) is 7.77. The first-order chi connectivity index (χ1) is 18.5. The smallest absolute Gasteiger partial charge is 0.243 e. The summed E-state index contributed by atoms with van der Waals surface area (Å²) in [5, 5.41) is 3.74. The number of halogens is 1. The summed E-state index contributed by atoms with van der Waals surface area (Å²) >= 11 is 6.26. The molecule has 0 bridgehead atoms. The van der Waals surface area contributed by atoms with Crippen LogP contribution in [-0.2, 0) is 22.6 Å². The van der Waals surface area contributed by atoms with Crippen molar-refractivity contribution < 1.29 is 9.59 Å². The number of nitrogens with two attached hydrogens (primary N) is 1. The number of hydrogen-bond donors (Lipinski definition) is 2. The van der Waals surface area contributed by atoms with Crippen LogP contribution in [0.2, 0.25) is 0 Å². The number of carbonyl (C=O) groups is 2. The lowest BCUT2D eigenvalue weighted by molar-refractivity contribution is -0.148. The number of benzene rings is 1. The molecule has 0 spiro atoms. The Labute approximate surface area is 229 Å². The second-order valence-electron chi connectivity index (χ2n) is 10.3. The number of allylic oxidation sites excluding steroid dienone is 1. The molecule has 9 nitrogen and oxygen atoms in total. The SMILES string of the molecule is N[C@H](CCCCN1CCN(c2ncccn2)CC1)C(=O)N1CC[C@H]1C(=O)NCc1ccc2c(c1)C(Cl)=CC2. The van der Waals surface area contributed by atoms with Gasteiger partial charge in [0.1, 0.15) is 6.04 Å². The molecule has 10 heteroatoms. The molecular weight excluding hydrogens is 502 g/mol. The highest BCUT2D eigenvalue weighted by Gasteiger charge is 2.39. The number of hydrogen-bond acceptors (Lipinski definition) is 7. The average molecular weight is 538 g/mol. The van der Waals surface area contributed by atoms with Crippen molar-refractivity contribution in [2.45, 2.75) is 50.7 Å². The topological polar surface area (TPSA) is 108 Å². The molecule has 2 aliphatic heterocycles. The largest absolute Gasteiger partial charge is 0.350 e. The van der Waals surface area contributed by atoms with E-state index < -0.39 is 12.1 Å². The highest BCUT2D eigenvalue weighted by Crippen LogP contribution is 2.31. The van der Waals surface area contributed by atoms with Gasteiger partial charge in [-0.05, 0) is 61.1 Å². The first kappa shape index (κ1) is 26.6. The number of carbonyl (C=O) groups excluding carboxylic acids is 2. The lowest BCUT2D eigenvalue weighted by atomic mass is 9.98. The molecule has 2 aromatic rings. The van der Waals surface area contributed by atoms with E-state index in [1.807, 2.05) is 24.3 Å². The summed E-state index contributed by atoms with van der Waals surface area (Å²) in [5.41, 5.74) is 9.48. The minimum atomic E-state index is -0.566. The first-order valence-electron chi connectivity index (χ1n) is 13.6. The maximum absolute atomic E-state index is 12.9. The van der Waals surface area contributed by atoms with E-state index in [1.54, 1.807) is 17.3 Å². The van der Waals surface area contributed by atoms with Crippen LogP contribution in [0.4, 0.5) is 5.95 Å². The zero-order chi connectivity index (χ0) is 26.5. The Bertz CT molecular complexity index is 1170. The van der Waals surface area contributed by atoms with E-state index >= 15 is 0 Å². The Morgan fingerprint density at radius 1 is 1.11 bits per heavy atom. The number of anilines is 1. The zero-order valence-electron chi connectivity index (χ0n) is 21.7. The minimum Gasteiger partial charge on any atom is -0.350 e. The number of aromatic nitrogens is 2. The predicted molar refractivity (Wildman–Crippen MR) is 148 cm³/mol. The predicted octanol–water partition coefficient (Wildman–Crippen LogP) is 2.15. The Kier molecular flexibility index (Phi) is 8.56. The third kappa shape index (κ3) is 6.17. The fourth-order valence-electron chi connectivity index (χ4n) is 5.34. The van der Waals surface area contributed by atoms with E-state index in [2.05, 4.69) is 31.2 Å². The van der Waals surface area contributed by atoms with Gasteiger partial charge in [0.15, 0.2) is 0 Å². The van der Waals surface area contributed by atoms with Crippen LogP contribution in [0.25, 0.3) is 5.03 Å². The standard InChI is InChI=1S/C28H36ClN7O2/c29-23-8-7-21-6-5-20(18-22(21)23)19-33-26(37)25-9-13-36(25)27(38)24(30)4-1-2-12-34-14-16-35(17-15-34)28-31-10-3-11-32-28/h3,5-6,8,10-11,18,24-25H,1-2,4,7,9,12-17,19,30H2,(H,33,37)/t24-,25+/m1/s1. The summed E-state index contributed by atoms with van der Waals surface area (Å²) in [4.78, 5) is 40.7. The minimum absolute atomic E-state index is 0.123. The van der Waals surface area contributed by atoms with E-state index in [-0.39, 0.29) is 11.8 Å². The lowest BCUT2D eigenvalue weighted by Gasteiger charge is -2.41. The van der Waals surface area contributed by atoms with Gasteiger partial charge in [-0.3, -0.25) is 14.5 Å². The van der Waals surface area contributed by atoms with Crippen molar-refractivity contribution in [2.24, 2.45) is 5.73 Å². The molecule has 1 aliphatic carbocycles. The van der Waals surface area contributed by atoms with Gasteiger partial charge in [-0.1, -0.05) is 36.2 Å².